The van der Waals surface area contributed by atoms with Crippen molar-refractivity contribution in [3.8, 4) is 0 Å². The Hall–Kier alpha value is -0.840. The van der Waals surface area contributed by atoms with Crippen molar-refractivity contribution in [2.24, 2.45) is 13.0 Å². The molecule has 1 aromatic heterocycles. The molecule has 1 aromatic rings. The molecule has 0 atom stereocenters. The Morgan fingerprint density at radius 3 is 3.07 bits per heavy atom. The number of anilines is 1. The Morgan fingerprint density at radius 1 is 1.71 bits per heavy atom. The topological polar surface area (TPSA) is 46.9 Å². The minimum absolute atomic E-state index is 0.0571. The van der Waals surface area contributed by atoms with Crippen LogP contribution in [0.3, 0.4) is 0 Å². The quantitative estimate of drug-likeness (QED) is 0.890. The van der Waals surface area contributed by atoms with Crippen molar-refractivity contribution in [1.82, 2.24) is 9.55 Å². The highest BCUT2D eigenvalue weighted by atomic mass is 79.9. The highest BCUT2D eigenvalue weighted by molar-refractivity contribution is 9.10. The molecular formula is C9H12BrN3O. The van der Waals surface area contributed by atoms with Crippen LogP contribution in [0.15, 0.2) is 15.5 Å². The molecule has 1 aliphatic carbocycles. The maximum Gasteiger partial charge on any atom is 0.268 e. The Labute approximate surface area is 90.5 Å². The molecule has 0 aromatic carbocycles. The summed E-state index contributed by atoms with van der Waals surface area (Å²) in [6.07, 6.45) is 4.12. The Kier molecular flexibility index (Phi) is 2.58. The van der Waals surface area contributed by atoms with Gasteiger partial charge in [-0.25, -0.2) is 4.98 Å². The fourth-order valence-electron chi connectivity index (χ4n) is 1.24. The van der Waals surface area contributed by atoms with Crippen LogP contribution < -0.4 is 10.9 Å². The SMILES string of the molecule is Cn1c(NCC2CC2)ncc(Br)c1=O. The van der Waals surface area contributed by atoms with Crippen LogP contribution in [0, 0.1) is 5.92 Å². The Bertz CT molecular complexity index is 398. The maximum absolute atomic E-state index is 11.5. The van der Waals surface area contributed by atoms with Gasteiger partial charge in [-0.15, -0.1) is 0 Å². The number of hydrogen-bond donors (Lipinski definition) is 1. The molecule has 0 saturated heterocycles. The third-order valence-electron chi connectivity index (χ3n) is 2.37. The lowest BCUT2D eigenvalue weighted by molar-refractivity contribution is 0.791. The van der Waals surface area contributed by atoms with E-state index in [2.05, 4.69) is 26.2 Å². The molecule has 1 N–H and O–H groups in total. The Balaban J connectivity index is 2.16. The predicted molar refractivity (Wildman–Crippen MR) is 58.4 cm³/mol. The molecule has 0 spiro atoms. The first-order valence-corrected chi connectivity index (χ1v) is 5.43. The summed E-state index contributed by atoms with van der Waals surface area (Å²) >= 11 is 3.15. The van der Waals surface area contributed by atoms with Crippen LogP contribution in [0.1, 0.15) is 12.8 Å². The van der Waals surface area contributed by atoms with E-state index < -0.39 is 0 Å². The van der Waals surface area contributed by atoms with Crippen LogP contribution in [0.5, 0.6) is 0 Å². The number of nitrogens with one attached hydrogen (secondary N) is 1. The fourth-order valence-corrected chi connectivity index (χ4v) is 1.61. The van der Waals surface area contributed by atoms with Crippen molar-refractivity contribution in [2.75, 3.05) is 11.9 Å². The summed E-state index contributed by atoms with van der Waals surface area (Å²) < 4.78 is 2.02. The lowest BCUT2D eigenvalue weighted by Crippen LogP contribution is -2.23. The normalized spacial score (nSPS) is 15.6. The molecule has 1 fully saturated rings. The van der Waals surface area contributed by atoms with E-state index >= 15 is 0 Å². The lowest BCUT2D eigenvalue weighted by Gasteiger charge is -2.08. The molecule has 0 radical (unpaired) electrons. The van der Waals surface area contributed by atoms with E-state index in [1.54, 1.807) is 7.05 Å². The second-order valence-electron chi connectivity index (χ2n) is 3.62. The first kappa shape index (κ1) is 9.71. The molecule has 0 bridgehead atoms. The van der Waals surface area contributed by atoms with Crippen molar-refractivity contribution in [3.05, 3.63) is 21.0 Å². The molecular weight excluding hydrogens is 246 g/mol. The molecule has 0 amide bonds. The van der Waals surface area contributed by atoms with Gasteiger partial charge >= 0.3 is 0 Å². The molecule has 4 nitrogen and oxygen atoms in total. The predicted octanol–water partition coefficient (Wildman–Crippen LogP) is 1.36. The number of aromatic nitrogens is 2. The molecule has 0 unspecified atom stereocenters. The number of hydrogen-bond acceptors (Lipinski definition) is 3. The standard InChI is InChI=1S/C9H12BrN3O/c1-13-8(14)7(10)5-12-9(13)11-4-6-2-3-6/h5-6H,2-4H2,1H3,(H,11,12). The number of halogens is 1. The van der Waals surface area contributed by atoms with E-state index in [0.29, 0.717) is 10.4 Å². The molecule has 1 aliphatic rings. The van der Waals surface area contributed by atoms with E-state index in [-0.39, 0.29) is 5.56 Å². The molecule has 1 heterocycles. The summed E-state index contributed by atoms with van der Waals surface area (Å²) in [6.45, 7) is 0.919. The van der Waals surface area contributed by atoms with Crippen LogP contribution in [0.25, 0.3) is 0 Å². The molecule has 0 aliphatic heterocycles. The molecule has 2 rings (SSSR count). The third kappa shape index (κ3) is 1.97. The van der Waals surface area contributed by atoms with E-state index in [0.717, 1.165) is 12.5 Å². The largest absolute Gasteiger partial charge is 0.355 e. The van der Waals surface area contributed by atoms with E-state index in [1.165, 1.54) is 23.6 Å². The fraction of sp³-hybridized carbons (Fsp3) is 0.556. The van der Waals surface area contributed by atoms with E-state index in [1.807, 2.05) is 0 Å². The van der Waals surface area contributed by atoms with Gasteiger partial charge in [0.25, 0.3) is 5.56 Å². The van der Waals surface area contributed by atoms with Crippen molar-refractivity contribution in [3.63, 3.8) is 0 Å². The van der Waals surface area contributed by atoms with Crippen LogP contribution in [0.2, 0.25) is 0 Å². The molecule has 5 heteroatoms. The molecule has 76 valence electrons. The van der Waals surface area contributed by atoms with Gasteiger partial charge in [-0.1, -0.05) is 0 Å². The monoisotopic (exact) mass is 257 g/mol. The second kappa shape index (κ2) is 3.73. The van der Waals surface area contributed by atoms with E-state index in [9.17, 15) is 4.79 Å². The highest BCUT2D eigenvalue weighted by Crippen LogP contribution is 2.28. The van der Waals surface area contributed by atoms with Gasteiger partial charge in [-0.05, 0) is 34.7 Å². The summed E-state index contributed by atoms with van der Waals surface area (Å²) in [5, 5.41) is 3.17. The highest BCUT2D eigenvalue weighted by Gasteiger charge is 2.21. The van der Waals surface area contributed by atoms with Crippen molar-refractivity contribution < 1.29 is 0 Å². The second-order valence-corrected chi connectivity index (χ2v) is 4.47. The van der Waals surface area contributed by atoms with Gasteiger partial charge in [0.2, 0.25) is 5.95 Å². The van der Waals surface area contributed by atoms with Crippen LogP contribution in [0.4, 0.5) is 5.95 Å². The summed E-state index contributed by atoms with van der Waals surface area (Å²) in [7, 11) is 1.72. The summed E-state index contributed by atoms with van der Waals surface area (Å²) in [4.78, 5) is 15.6. The zero-order chi connectivity index (χ0) is 10.1. The zero-order valence-corrected chi connectivity index (χ0v) is 9.54. The minimum Gasteiger partial charge on any atom is -0.355 e. The van der Waals surface area contributed by atoms with Gasteiger partial charge in [0.15, 0.2) is 0 Å². The summed E-state index contributed by atoms with van der Waals surface area (Å²) in [5.41, 5.74) is -0.0571. The average Bonchev–Trinajstić information content (AvgIpc) is 2.97. The van der Waals surface area contributed by atoms with Gasteiger partial charge in [-0.2, -0.15) is 0 Å². The van der Waals surface area contributed by atoms with Crippen molar-refractivity contribution in [2.45, 2.75) is 12.8 Å². The number of rotatable bonds is 3. The first-order valence-electron chi connectivity index (χ1n) is 4.64. The zero-order valence-electron chi connectivity index (χ0n) is 7.96. The van der Waals surface area contributed by atoms with Crippen LogP contribution >= 0.6 is 15.9 Å². The van der Waals surface area contributed by atoms with Crippen LogP contribution in [-0.2, 0) is 7.05 Å². The van der Waals surface area contributed by atoms with Gasteiger partial charge in [-0.3, -0.25) is 9.36 Å². The summed E-state index contributed by atoms with van der Waals surface area (Å²) in [5.74, 6) is 1.42. The Morgan fingerprint density at radius 2 is 2.43 bits per heavy atom. The average molecular weight is 258 g/mol. The van der Waals surface area contributed by atoms with E-state index in [4.69, 9.17) is 0 Å². The van der Waals surface area contributed by atoms with Gasteiger partial charge in [0.1, 0.15) is 4.47 Å². The minimum atomic E-state index is -0.0571. The van der Waals surface area contributed by atoms with Gasteiger partial charge < -0.3 is 5.32 Å². The maximum atomic E-state index is 11.5. The summed E-state index contributed by atoms with van der Waals surface area (Å²) in [6, 6.07) is 0. The number of nitrogens with zero attached hydrogens (tertiary/aromatic N) is 2. The van der Waals surface area contributed by atoms with Gasteiger partial charge in [0, 0.05) is 13.6 Å². The van der Waals surface area contributed by atoms with Crippen LogP contribution in [-0.4, -0.2) is 16.1 Å². The lowest BCUT2D eigenvalue weighted by atomic mass is 10.4. The van der Waals surface area contributed by atoms with Gasteiger partial charge in [0.05, 0.1) is 6.20 Å². The van der Waals surface area contributed by atoms with Crippen molar-refractivity contribution >= 4 is 21.9 Å². The smallest absolute Gasteiger partial charge is 0.268 e. The molecule has 1 saturated carbocycles. The molecule has 14 heavy (non-hydrogen) atoms. The third-order valence-corrected chi connectivity index (χ3v) is 2.92. The first-order chi connectivity index (χ1) is 6.68. The van der Waals surface area contributed by atoms with Crippen molar-refractivity contribution in [1.29, 1.82) is 0 Å².